The summed E-state index contributed by atoms with van der Waals surface area (Å²) in [5.41, 5.74) is 5.63. The molecule has 0 saturated heterocycles. The van der Waals surface area contributed by atoms with Crippen molar-refractivity contribution in [2.45, 2.75) is 26.4 Å². The van der Waals surface area contributed by atoms with E-state index in [1.54, 1.807) is 0 Å². The Bertz CT molecular complexity index is 389. The molecule has 0 aliphatic carbocycles. The number of amides is 2. The van der Waals surface area contributed by atoms with Crippen molar-refractivity contribution in [2.24, 2.45) is 11.7 Å². The molecule has 1 atom stereocenters. The highest BCUT2D eigenvalue weighted by atomic mass is 16.2. The molecule has 0 unspecified atom stereocenters. The van der Waals surface area contributed by atoms with E-state index in [4.69, 9.17) is 5.73 Å². The van der Waals surface area contributed by atoms with Crippen molar-refractivity contribution in [3.63, 3.8) is 0 Å². The van der Waals surface area contributed by atoms with Crippen LogP contribution in [0.15, 0.2) is 6.33 Å². The molecule has 1 aromatic heterocycles. The van der Waals surface area contributed by atoms with Gasteiger partial charge in [0.15, 0.2) is 0 Å². The van der Waals surface area contributed by atoms with Crippen molar-refractivity contribution < 1.29 is 9.59 Å². The van der Waals surface area contributed by atoms with Gasteiger partial charge in [-0.1, -0.05) is 13.8 Å². The molecule has 8 heteroatoms. The monoisotopic (exact) mass is 254 g/mol. The van der Waals surface area contributed by atoms with Gasteiger partial charge in [-0.25, -0.2) is 4.98 Å². The van der Waals surface area contributed by atoms with Crippen LogP contribution in [0.3, 0.4) is 0 Å². The molecule has 1 rings (SSSR count). The molecular weight excluding hydrogens is 236 g/mol. The zero-order valence-corrected chi connectivity index (χ0v) is 10.4. The number of rotatable bonds is 6. The van der Waals surface area contributed by atoms with Crippen LogP contribution in [-0.2, 0) is 16.1 Å². The van der Waals surface area contributed by atoms with Crippen LogP contribution in [0.25, 0.3) is 0 Å². The van der Waals surface area contributed by atoms with Gasteiger partial charge in [-0.15, -0.1) is 0 Å². The topological polar surface area (TPSA) is 126 Å². The number of hydrogen-bond donors (Lipinski definition) is 4. The number of hydrogen-bond acceptors (Lipinski definition) is 5. The molecule has 0 aliphatic heterocycles. The van der Waals surface area contributed by atoms with Crippen LogP contribution in [0, 0.1) is 5.92 Å². The number of carbonyl (C=O) groups excluding carboxylic acids is 2. The number of nitrogens with zero attached hydrogens (tertiary/aromatic N) is 2. The molecule has 0 aliphatic rings. The highest BCUT2D eigenvalue weighted by Gasteiger charge is 2.17. The second-order valence-electron chi connectivity index (χ2n) is 4.20. The van der Waals surface area contributed by atoms with Crippen LogP contribution in [0.2, 0.25) is 0 Å². The Morgan fingerprint density at radius 2 is 2.17 bits per heavy atom. The van der Waals surface area contributed by atoms with Gasteiger partial charge in [0.1, 0.15) is 12.2 Å². The molecule has 5 N–H and O–H groups in total. The number of H-pyrrole nitrogens is 1. The largest absolute Gasteiger partial charge is 0.347 e. The summed E-state index contributed by atoms with van der Waals surface area (Å²) in [5.74, 6) is -0.0636. The lowest BCUT2D eigenvalue weighted by atomic mass is 10.1. The zero-order chi connectivity index (χ0) is 13.5. The second-order valence-corrected chi connectivity index (χ2v) is 4.20. The fourth-order valence-corrected chi connectivity index (χ4v) is 1.15. The number of aromatic amines is 1. The molecule has 0 saturated carbocycles. The van der Waals surface area contributed by atoms with Crippen LogP contribution in [0.5, 0.6) is 0 Å². The number of carbonyl (C=O) groups is 2. The fraction of sp³-hybridized carbons (Fsp3) is 0.600. The average molecular weight is 254 g/mol. The third-order valence-corrected chi connectivity index (χ3v) is 2.36. The standard InChI is InChI=1S/C10H18N6O2/c1-6(2)9(11)10(18)13-4-8(17)12-3-7-14-5-15-16-7/h5-6,9H,3-4,11H2,1-2H3,(H,12,17)(H,13,18)(H,14,15,16)/t9-/m0/s1. The SMILES string of the molecule is CC(C)[C@H](N)C(=O)NCC(=O)NCc1ncn[nH]1. The molecule has 1 heterocycles. The van der Waals surface area contributed by atoms with Gasteiger partial charge in [-0.2, -0.15) is 5.10 Å². The van der Waals surface area contributed by atoms with Gasteiger partial charge in [-0.3, -0.25) is 14.7 Å². The first-order valence-corrected chi connectivity index (χ1v) is 5.65. The van der Waals surface area contributed by atoms with E-state index in [9.17, 15) is 9.59 Å². The Labute approximate surface area is 105 Å². The molecule has 100 valence electrons. The first kappa shape index (κ1) is 14.1. The predicted octanol–water partition coefficient (Wildman–Crippen LogP) is -1.48. The van der Waals surface area contributed by atoms with Crippen molar-refractivity contribution >= 4 is 11.8 Å². The van der Waals surface area contributed by atoms with Gasteiger partial charge in [-0.05, 0) is 5.92 Å². The van der Waals surface area contributed by atoms with E-state index in [0.717, 1.165) is 0 Å². The maximum absolute atomic E-state index is 11.5. The minimum Gasteiger partial charge on any atom is -0.347 e. The van der Waals surface area contributed by atoms with E-state index < -0.39 is 6.04 Å². The van der Waals surface area contributed by atoms with Gasteiger partial charge < -0.3 is 16.4 Å². The highest BCUT2D eigenvalue weighted by molar-refractivity contribution is 5.87. The maximum atomic E-state index is 11.5. The smallest absolute Gasteiger partial charge is 0.239 e. The van der Waals surface area contributed by atoms with E-state index >= 15 is 0 Å². The van der Waals surface area contributed by atoms with Gasteiger partial charge in [0.2, 0.25) is 11.8 Å². The Hall–Kier alpha value is -1.96. The Balaban J connectivity index is 2.23. The van der Waals surface area contributed by atoms with Crippen LogP contribution < -0.4 is 16.4 Å². The maximum Gasteiger partial charge on any atom is 0.239 e. The van der Waals surface area contributed by atoms with Crippen LogP contribution >= 0.6 is 0 Å². The van der Waals surface area contributed by atoms with Crippen molar-refractivity contribution in [3.8, 4) is 0 Å². The summed E-state index contributed by atoms with van der Waals surface area (Å²) in [6.45, 7) is 3.82. The van der Waals surface area contributed by atoms with E-state index in [0.29, 0.717) is 5.82 Å². The lowest BCUT2D eigenvalue weighted by Crippen LogP contribution is -2.47. The number of nitrogens with one attached hydrogen (secondary N) is 3. The van der Waals surface area contributed by atoms with E-state index in [-0.39, 0.29) is 30.8 Å². The summed E-state index contributed by atoms with van der Waals surface area (Å²) < 4.78 is 0. The minimum atomic E-state index is -0.605. The lowest BCUT2D eigenvalue weighted by molar-refractivity contribution is -0.127. The van der Waals surface area contributed by atoms with Crippen molar-refractivity contribution in [1.29, 1.82) is 0 Å². The first-order chi connectivity index (χ1) is 8.50. The van der Waals surface area contributed by atoms with Gasteiger partial charge in [0.25, 0.3) is 0 Å². The molecule has 1 aromatic rings. The van der Waals surface area contributed by atoms with Crippen LogP contribution in [-0.4, -0.2) is 39.6 Å². The second kappa shape index (κ2) is 6.70. The first-order valence-electron chi connectivity index (χ1n) is 5.65. The molecule has 0 radical (unpaired) electrons. The van der Waals surface area contributed by atoms with Gasteiger partial charge >= 0.3 is 0 Å². The van der Waals surface area contributed by atoms with Crippen molar-refractivity contribution in [1.82, 2.24) is 25.8 Å². The quantitative estimate of drug-likeness (QED) is 0.492. The summed E-state index contributed by atoms with van der Waals surface area (Å²) >= 11 is 0. The lowest BCUT2D eigenvalue weighted by Gasteiger charge is -2.14. The average Bonchev–Trinajstić information content (AvgIpc) is 2.85. The molecule has 2 amide bonds. The van der Waals surface area contributed by atoms with Crippen LogP contribution in [0.4, 0.5) is 0 Å². The van der Waals surface area contributed by atoms with E-state index in [1.165, 1.54) is 6.33 Å². The van der Waals surface area contributed by atoms with Crippen molar-refractivity contribution in [2.75, 3.05) is 6.54 Å². The fourth-order valence-electron chi connectivity index (χ4n) is 1.15. The van der Waals surface area contributed by atoms with Gasteiger partial charge in [0.05, 0.1) is 19.1 Å². The zero-order valence-electron chi connectivity index (χ0n) is 10.4. The van der Waals surface area contributed by atoms with E-state index in [1.807, 2.05) is 13.8 Å². The molecule has 18 heavy (non-hydrogen) atoms. The summed E-state index contributed by atoms with van der Waals surface area (Å²) in [7, 11) is 0. The van der Waals surface area contributed by atoms with Crippen molar-refractivity contribution in [3.05, 3.63) is 12.2 Å². The predicted molar refractivity (Wildman–Crippen MR) is 64.1 cm³/mol. The summed E-state index contributed by atoms with van der Waals surface area (Å²) in [6, 6.07) is -0.605. The minimum absolute atomic E-state index is 0.0299. The number of nitrogens with two attached hydrogens (primary N) is 1. The Morgan fingerprint density at radius 3 is 2.72 bits per heavy atom. The van der Waals surface area contributed by atoms with Crippen LogP contribution in [0.1, 0.15) is 19.7 Å². The normalized spacial score (nSPS) is 12.2. The Morgan fingerprint density at radius 1 is 1.44 bits per heavy atom. The van der Waals surface area contributed by atoms with E-state index in [2.05, 4.69) is 25.8 Å². The van der Waals surface area contributed by atoms with Gasteiger partial charge in [0, 0.05) is 0 Å². The summed E-state index contributed by atoms with van der Waals surface area (Å²) in [4.78, 5) is 26.7. The molecule has 0 aromatic carbocycles. The number of aromatic nitrogens is 3. The summed E-state index contributed by atoms with van der Waals surface area (Å²) in [6.07, 6.45) is 1.35. The molecular formula is C10H18N6O2. The molecule has 0 fully saturated rings. The molecule has 8 nitrogen and oxygen atoms in total. The molecule has 0 spiro atoms. The summed E-state index contributed by atoms with van der Waals surface area (Å²) in [5, 5.41) is 11.3. The highest BCUT2D eigenvalue weighted by Crippen LogP contribution is 1.97. The third-order valence-electron chi connectivity index (χ3n) is 2.36. The molecule has 0 bridgehead atoms. The third kappa shape index (κ3) is 4.50. The Kier molecular flexibility index (Phi) is 5.25.